The predicted octanol–water partition coefficient (Wildman–Crippen LogP) is 1.29. The molecular weight excluding hydrogens is 354 g/mol. The molecule has 1 amide bonds. The van der Waals surface area contributed by atoms with Crippen LogP contribution in [0, 0.1) is 0 Å². The molecule has 1 aliphatic heterocycles. The number of carbonyl (C=O) groups is 1. The lowest BCUT2D eigenvalue weighted by Gasteiger charge is -2.33. The normalized spacial score (nSPS) is 17.2. The summed E-state index contributed by atoms with van der Waals surface area (Å²) in [4.78, 5) is 18.8. The Labute approximate surface area is 153 Å². The lowest BCUT2D eigenvalue weighted by molar-refractivity contribution is 0.0272. The summed E-state index contributed by atoms with van der Waals surface area (Å²) in [7, 11) is 0. The van der Waals surface area contributed by atoms with Crippen molar-refractivity contribution in [2.24, 2.45) is 0 Å². The molecule has 4 rings (SSSR count). The Morgan fingerprint density at radius 1 is 1.42 bits per heavy atom. The maximum atomic E-state index is 12.2. The van der Waals surface area contributed by atoms with Gasteiger partial charge in [0, 0.05) is 31.7 Å². The van der Waals surface area contributed by atoms with Gasteiger partial charge in [-0.05, 0) is 18.2 Å². The number of nitrogens with zero attached hydrogens (tertiary/aromatic N) is 6. The molecule has 1 N–H and O–H groups in total. The first-order valence-corrected chi connectivity index (χ1v) is 9.03. The zero-order chi connectivity index (χ0) is 17.8. The van der Waals surface area contributed by atoms with Crippen LogP contribution in [0.15, 0.2) is 42.3 Å². The fourth-order valence-electron chi connectivity index (χ4n) is 2.76. The van der Waals surface area contributed by atoms with Gasteiger partial charge in [-0.2, -0.15) is 5.10 Å². The van der Waals surface area contributed by atoms with E-state index in [0.717, 1.165) is 18.9 Å². The quantitative estimate of drug-likeness (QED) is 0.721. The summed E-state index contributed by atoms with van der Waals surface area (Å²) in [5.74, 6) is 0.575. The Morgan fingerprint density at radius 3 is 3.12 bits per heavy atom. The van der Waals surface area contributed by atoms with Gasteiger partial charge in [-0.3, -0.25) is 14.8 Å². The Hall–Kier alpha value is -2.85. The zero-order valence-electron chi connectivity index (χ0n) is 13.9. The zero-order valence-corrected chi connectivity index (χ0v) is 14.7. The number of morpholine rings is 1. The van der Waals surface area contributed by atoms with Gasteiger partial charge < -0.3 is 9.64 Å². The molecule has 1 fully saturated rings. The van der Waals surface area contributed by atoms with Crippen LogP contribution >= 0.6 is 11.3 Å². The molecule has 0 aromatic carbocycles. The van der Waals surface area contributed by atoms with Crippen LogP contribution in [0.5, 0.6) is 0 Å². The summed E-state index contributed by atoms with van der Waals surface area (Å²) in [6.07, 6.45) is 5.30. The van der Waals surface area contributed by atoms with Gasteiger partial charge in [0.1, 0.15) is 11.3 Å². The van der Waals surface area contributed by atoms with E-state index in [2.05, 4.69) is 30.5 Å². The number of amides is 1. The highest BCUT2D eigenvalue weighted by atomic mass is 32.1. The molecular formula is C16H17N7O2S. The largest absolute Gasteiger partial charge is 0.373 e. The average Bonchev–Trinajstić information content (AvgIpc) is 3.36. The Morgan fingerprint density at radius 2 is 2.38 bits per heavy atom. The van der Waals surface area contributed by atoms with Gasteiger partial charge in [0.25, 0.3) is 5.91 Å². The van der Waals surface area contributed by atoms with Gasteiger partial charge in [-0.15, -0.1) is 10.2 Å². The van der Waals surface area contributed by atoms with E-state index in [-0.39, 0.29) is 12.0 Å². The summed E-state index contributed by atoms with van der Waals surface area (Å²) in [5.41, 5.74) is 2.04. The topological polar surface area (TPSA) is 98.1 Å². The molecule has 0 spiro atoms. The van der Waals surface area contributed by atoms with E-state index in [4.69, 9.17) is 4.74 Å². The van der Waals surface area contributed by atoms with Crippen molar-refractivity contribution in [1.29, 1.82) is 0 Å². The third-order valence-electron chi connectivity index (χ3n) is 4.00. The number of nitrogens with one attached hydrogen (secondary N) is 1. The number of hydrogen-bond donors (Lipinski definition) is 1. The summed E-state index contributed by atoms with van der Waals surface area (Å²) >= 11 is 1.27. The fraction of sp³-hybridized carbons (Fsp3) is 0.312. The molecule has 134 valence electrons. The van der Waals surface area contributed by atoms with Crippen molar-refractivity contribution in [1.82, 2.24) is 25.0 Å². The first-order chi connectivity index (χ1) is 12.8. The molecule has 0 saturated carbocycles. The SMILES string of the molecule is O=C(Nc1nncs1)c1ccc(N2CCOC(Cn3cccn3)C2)nc1. The number of anilines is 2. The van der Waals surface area contributed by atoms with Gasteiger partial charge in [0.15, 0.2) is 0 Å². The van der Waals surface area contributed by atoms with Crippen LogP contribution in [0.25, 0.3) is 0 Å². The molecule has 4 heterocycles. The third-order valence-corrected chi connectivity index (χ3v) is 4.61. The Kier molecular flexibility index (Phi) is 4.84. The number of hydrogen-bond acceptors (Lipinski definition) is 8. The number of rotatable bonds is 5. The molecule has 26 heavy (non-hydrogen) atoms. The van der Waals surface area contributed by atoms with Crippen LogP contribution in [0.2, 0.25) is 0 Å². The van der Waals surface area contributed by atoms with Crippen molar-refractivity contribution >= 4 is 28.2 Å². The second-order valence-corrected chi connectivity index (χ2v) is 6.60. The highest BCUT2D eigenvalue weighted by molar-refractivity contribution is 7.13. The molecule has 3 aromatic rings. The van der Waals surface area contributed by atoms with E-state index in [0.29, 0.717) is 23.8 Å². The Bertz CT molecular complexity index is 836. The van der Waals surface area contributed by atoms with E-state index in [1.54, 1.807) is 24.0 Å². The van der Waals surface area contributed by atoms with Gasteiger partial charge in [-0.25, -0.2) is 4.98 Å². The van der Waals surface area contributed by atoms with Crippen molar-refractivity contribution in [3.8, 4) is 0 Å². The average molecular weight is 371 g/mol. The van der Waals surface area contributed by atoms with Crippen molar-refractivity contribution in [3.05, 3.63) is 47.9 Å². The highest BCUT2D eigenvalue weighted by Gasteiger charge is 2.22. The lowest BCUT2D eigenvalue weighted by atomic mass is 10.2. The summed E-state index contributed by atoms with van der Waals surface area (Å²) in [6, 6.07) is 5.51. The van der Waals surface area contributed by atoms with Crippen LogP contribution in [0.3, 0.4) is 0 Å². The second kappa shape index (κ2) is 7.58. The van der Waals surface area contributed by atoms with E-state index in [9.17, 15) is 4.79 Å². The molecule has 10 heteroatoms. The fourth-order valence-corrected chi connectivity index (χ4v) is 3.20. The van der Waals surface area contributed by atoms with Crippen LogP contribution in [0.4, 0.5) is 10.9 Å². The third kappa shape index (κ3) is 3.86. The van der Waals surface area contributed by atoms with Crippen LogP contribution < -0.4 is 10.2 Å². The standard InChI is InChI=1S/C16H17N7O2S/c24-15(20-16-21-18-11-26-16)12-2-3-14(17-8-12)22-6-7-25-13(9-22)10-23-5-1-4-19-23/h1-5,8,11,13H,6-7,9-10H2,(H,20,21,24). The van der Waals surface area contributed by atoms with Crippen molar-refractivity contribution < 1.29 is 9.53 Å². The number of carbonyl (C=O) groups excluding carboxylic acids is 1. The first kappa shape index (κ1) is 16.6. The smallest absolute Gasteiger partial charge is 0.259 e. The minimum Gasteiger partial charge on any atom is -0.373 e. The van der Waals surface area contributed by atoms with Crippen LogP contribution in [-0.4, -0.2) is 56.7 Å². The van der Waals surface area contributed by atoms with E-state index in [1.807, 2.05) is 23.0 Å². The summed E-state index contributed by atoms with van der Waals surface area (Å²) in [6.45, 7) is 2.82. The van der Waals surface area contributed by atoms with Crippen molar-refractivity contribution in [3.63, 3.8) is 0 Å². The summed E-state index contributed by atoms with van der Waals surface area (Å²) < 4.78 is 7.68. The highest BCUT2D eigenvalue weighted by Crippen LogP contribution is 2.17. The maximum Gasteiger partial charge on any atom is 0.259 e. The van der Waals surface area contributed by atoms with E-state index >= 15 is 0 Å². The van der Waals surface area contributed by atoms with Crippen molar-refractivity contribution in [2.75, 3.05) is 29.9 Å². The molecule has 0 aliphatic carbocycles. The molecule has 0 bridgehead atoms. The monoisotopic (exact) mass is 371 g/mol. The second-order valence-electron chi connectivity index (χ2n) is 5.77. The van der Waals surface area contributed by atoms with Gasteiger partial charge >= 0.3 is 0 Å². The van der Waals surface area contributed by atoms with E-state index in [1.165, 1.54) is 11.3 Å². The van der Waals surface area contributed by atoms with Crippen molar-refractivity contribution in [2.45, 2.75) is 12.6 Å². The molecule has 1 unspecified atom stereocenters. The van der Waals surface area contributed by atoms with Crippen LogP contribution in [-0.2, 0) is 11.3 Å². The first-order valence-electron chi connectivity index (χ1n) is 8.15. The summed E-state index contributed by atoms with van der Waals surface area (Å²) in [5, 5.41) is 14.9. The molecule has 1 saturated heterocycles. The molecule has 1 atom stereocenters. The lowest BCUT2D eigenvalue weighted by Crippen LogP contribution is -2.44. The van der Waals surface area contributed by atoms with Gasteiger partial charge in [0.05, 0.1) is 24.8 Å². The van der Waals surface area contributed by atoms with Gasteiger partial charge in [-0.1, -0.05) is 11.3 Å². The Balaban J connectivity index is 1.38. The maximum absolute atomic E-state index is 12.2. The number of aromatic nitrogens is 5. The van der Waals surface area contributed by atoms with Gasteiger partial charge in [0.2, 0.25) is 5.13 Å². The number of ether oxygens (including phenoxy) is 1. The van der Waals surface area contributed by atoms with Crippen LogP contribution in [0.1, 0.15) is 10.4 Å². The molecule has 0 radical (unpaired) electrons. The minimum atomic E-state index is -0.251. The predicted molar refractivity (Wildman–Crippen MR) is 96.3 cm³/mol. The minimum absolute atomic E-state index is 0.0471. The molecule has 3 aromatic heterocycles. The van der Waals surface area contributed by atoms with E-state index < -0.39 is 0 Å². The molecule has 1 aliphatic rings. The molecule has 9 nitrogen and oxygen atoms in total. The number of pyridine rings is 1.